The summed E-state index contributed by atoms with van der Waals surface area (Å²) < 4.78 is 5.56. The third-order valence-electron chi connectivity index (χ3n) is 5.21. The second kappa shape index (κ2) is 8.41. The molecular formula is C22H27NO2. The molecule has 2 aliphatic rings. The van der Waals surface area contributed by atoms with Crippen molar-refractivity contribution in [2.75, 3.05) is 26.3 Å². The first kappa shape index (κ1) is 17.8. The molecule has 0 saturated carbocycles. The zero-order chi connectivity index (χ0) is 17.5. The van der Waals surface area contributed by atoms with Crippen LogP contribution in [0.3, 0.4) is 0 Å². The number of carbonyl (C=O) groups excluding carboxylic acids is 1. The van der Waals surface area contributed by atoms with Crippen molar-refractivity contribution in [3.63, 3.8) is 0 Å². The number of hydrogen-bond acceptors (Lipinski definition) is 3. The summed E-state index contributed by atoms with van der Waals surface area (Å²) in [6, 6.07) is 10.5. The molecular weight excluding hydrogens is 310 g/mol. The highest BCUT2D eigenvalue weighted by Crippen LogP contribution is 2.36. The molecule has 0 amide bonds. The van der Waals surface area contributed by atoms with E-state index in [9.17, 15) is 4.79 Å². The third kappa shape index (κ3) is 4.00. The average molecular weight is 337 g/mol. The van der Waals surface area contributed by atoms with E-state index in [4.69, 9.17) is 4.74 Å². The van der Waals surface area contributed by atoms with E-state index in [1.807, 2.05) is 18.2 Å². The Hall–Kier alpha value is -1.97. The molecule has 3 nitrogen and oxygen atoms in total. The topological polar surface area (TPSA) is 29.5 Å². The number of allylic oxidation sites excluding steroid dienone is 3. The minimum atomic E-state index is -0.307. The van der Waals surface area contributed by atoms with E-state index in [0.717, 1.165) is 39.1 Å². The van der Waals surface area contributed by atoms with Gasteiger partial charge in [-0.15, -0.1) is 6.58 Å². The molecule has 1 aliphatic carbocycles. The van der Waals surface area contributed by atoms with Crippen molar-refractivity contribution >= 4 is 5.78 Å². The highest BCUT2D eigenvalue weighted by atomic mass is 16.5. The number of Topliss-reactive ketones (excluding diaryl/α,β-unsaturated/α-hetero) is 1. The molecule has 1 aromatic carbocycles. The molecule has 1 fully saturated rings. The Bertz CT molecular complexity index is 643. The Balaban J connectivity index is 1.95. The van der Waals surface area contributed by atoms with E-state index in [0.29, 0.717) is 12.2 Å². The second-order valence-electron chi connectivity index (χ2n) is 6.77. The molecule has 2 unspecified atom stereocenters. The van der Waals surface area contributed by atoms with Gasteiger partial charge in [0.1, 0.15) is 5.78 Å². The molecule has 0 radical (unpaired) electrons. The Kier molecular flexibility index (Phi) is 6.00. The minimum absolute atomic E-state index is 0.129. The molecule has 3 rings (SSSR count). The van der Waals surface area contributed by atoms with Gasteiger partial charge < -0.3 is 4.74 Å². The van der Waals surface area contributed by atoms with Crippen molar-refractivity contribution in [2.24, 2.45) is 5.92 Å². The molecule has 1 aliphatic heterocycles. The lowest BCUT2D eigenvalue weighted by molar-refractivity contribution is -0.126. The summed E-state index contributed by atoms with van der Waals surface area (Å²) in [4.78, 5) is 15.5. The third-order valence-corrected chi connectivity index (χ3v) is 5.21. The molecule has 1 saturated heterocycles. The van der Waals surface area contributed by atoms with Crippen molar-refractivity contribution in [3.8, 4) is 0 Å². The molecule has 2 atom stereocenters. The van der Waals surface area contributed by atoms with E-state index < -0.39 is 0 Å². The highest BCUT2D eigenvalue weighted by Gasteiger charge is 2.45. The fraction of sp³-hybridized carbons (Fsp3) is 0.409. The van der Waals surface area contributed by atoms with Crippen molar-refractivity contribution in [2.45, 2.75) is 24.8 Å². The fourth-order valence-corrected chi connectivity index (χ4v) is 3.94. The molecule has 132 valence electrons. The standard InChI is InChI=1S/C22H27NO2/c1-2-3-12-21(24)20-11-7-8-13-22(20,23-14-16-25-17-15-23)18-19-9-5-4-6-10-19/h2,4-11,13,20H,1,3,12,14-18H2. The second-order valence-corrected chi connectivity index (χ2v) is 6.77. The molecule has 0 bridgehead atoms. The number of morpholine rings is 1. The Morgan fingerprint density at radius 1 is 1.24 bits per heavy atom. The summed E-state index contributed by atoms with van der Waals surface area (Å²) in [5.74, 6) is 0.165. The Labute approximate surface area is 150 Å². The van der Waals surface area contributed by atoms with Crippen LogP contribution in [0.5, 0.6) is 0 Å². The molecule has 0 spiro atoms. The molecule has 0 aromatic heterocycles. The van der Waals surface area contributed by atoms with Crippen molar-refractivity contribution in [1.82, 2.24) is 4.90 Å². The van der Waals surface area contributed by atoms with Crippen LogP contribution < -0.4 is 0 Å². The largest absolute Gasteiger partial charge is 0.379 e. The van der Waals surface area contributed by atoms with Gasteiger partial charge >= 0.3 is 0 Å². The zero-order valence-corrected chi connectivity index (χ0v) is 14.8. The number of ketones is 1. The predicted molar refractivity (Wildman–Crippen MR) is 101 cm³/mol. The monoisotopic (exact) mass is 337 g/mol. The number of nitrogens with zero attached hydrogens (tertiary/aromatic N) is 1. The van der Waals surface area contributed by atoms with Gasteiger partial charge in [-0.2, -0.15) is 0 Å². The normalized spacial score (nSPS) is 26.5. The molecule has 1 aromatic rings. The van der Waals surface area contributed by atoms with Gasteiger partial charge in [0.05, 0.1) is 24.7 Å². The zero-order valence-electron chi connectivity index (χ0n) is 14.8. The number of carbonyl (C=O) groups is 1. The smallest absolute Gasteiger partial charge is 0.142 e. The van der Waals surface area contributed by atoms with Gasteiger partial charge in [0.2, 0.25) is 0 Å². The van der Waals surface area contributed by atoms with Crippen LogP contribution in [0, 0.1) is 5.92 Å². The highest BCUT2D eigenvalue weighted by molar-refractivity contribution is 5.85. The van der Waals surface area contributed by atoms with Crippen LogP contribution in [0.25, 0.3) is 0 Å². The van der Waals surface area contributed by atoms with E-state index in [1.165, 1.54) is 5.56 Å². The van der Waals surface area contributed by atoms with Crippen LogP contribution >= 0.6 is 0 Å². The minimum Gasteiger partial charge on any atom is -0.379 e. The van der Waals surface area contributed by atoms with Gasteiger partial charge in [0, 0.05) is 19.5 Å². The van der Waals surface area contributed by atoms with Crippen LogP contribution in [0.4, 0.5) is 0 Å². The molecule has 0 N–H and O–H groups in total. The van der Waals surface area contributed by atoms with Crippen LogP contribution in [-0.4, -0.2) is 42.5 Å². The van der Waals surface area contributed by atoms with Crippen LogP contribution in [0.2, 0.25) is 0 Å². The summed E-state index contributed by atoms with van der Waals surface area (Å²) in [6.07, 6.45) is 12.4. The molecule has 25 heavy (non-hydrogen) atoms. The maximum absolute atomic E-state index is 13.0. The van der Waals surface area contributed by atoms with Crippen LogP contribution in [-0.2, 0) is 16.0 Å². The summed E-state index contributed by atoms with van der Waals surface area (Å²) >= 11 is 0. The van der Waals surface area contributed by atoms with E-state index in [-0.39, 0.29) is 11.5 Å². The van der Waals surface area contributed by atoms with Gasteiger partial charge in [0.25, 0.3) is 0 Å². The van der Waals surface area contributed by atoms with Gasteiger partial charge in [-0.25, -0.2) is 0 Å². The lowest BCUT2D eigenvalue weighted by Crippen LogP contribution is -2.59. The summed E-state index contributed by atoms with van der Waals surface area (Å²) in [6.45, 7) is 6.92. The average Bonchev–Trinajstić information content (AvgIpc) is 2.68. The first-order valence-electron chi connectivity index (χ1n) is 9.12. The lowest BCUT2D eigenvalue weighted by atomic mass is 9.72. The first-order valence-corrected chi connectivity index (χ1v) is 9.12. The SMILES string of the molecule is C=CCCC(=O)C1C=CC=CC1(Cc1ccccc1)N1CCOCC1. The first-order chi connectivity index (χ1) is 12.3. The van der Waals surface area contributed by atoms with Crippen molar-refractivity contribution in [3.05, 3.63) is 72.9 Å². The maximum atomic E-state index is 13.0. The fourth-order valence-electron chi connectivity index (χ4n) is 3.94. The number of rotatable bonds is 7. The van der Waals surface area contributed by atoms with Gasteiger partial charge in [-0.05, 0) is 18.4 Å². The molecule has 1 heterocycles. The van der Waals surface area contributed by atoms with Crippen molar-refractivity contribution in [1.29, 1.82) is 0 Å². The van der Waals surface area contributed by atoms with Gasteiger partial charge in [0.15, 0.2) is 0 Å². The predicted octanol–water partition coefficient (Wildman–Crippen LogP) is 3.58. The van der Waals surface area contributed by atoms with Gasteiger partial charge in [-0.1, -0.05) is 60.7 Å². The van der Waals surface area contributed by atoms with Crippen molar-refractivity contribution < 1.29 is 9.53 Å². The van der Waals surface area contributed by atoms with Crippen LogP contribution in [0.15, 0.2) is 67.3 Å². The van der Waals surface area contributed by atoms with Crippen LogP contribution in [0.1, 0.15) is 18.4 Å². The van der Waals surface area contributed by atoms with E-state index in [1.54, 1.807) is 0 Å². The quantitative estimate of drug-likeness (QED) is 0.712. The summed E-state index contributed by atoms with van der Waals surface area (Å²) in [5, 5.41) is 0. The summed E-state index contributed by atoms with van der Waals surface area (Å²) in [5.41, 5.74) is 0.952. The maximum Gasteiger partial charge on any atom is 0.142 e. The van der Waals surface area contributed by atoms with E-state index in [2.05, 4.69) is 54.0 Å². The van der Waals surface area contributed by atoms with E-state index >= 15 is 0 Å². The Morgan fingerprint density at radius 2 is 2.00 bits per heavy atom. The number of benzene rings is 1. The number of hydrogen-bond donors (Lipinski definition) is 0. The Morgan fingerprint density at radius 3 is 2.72 bits per heavy atom. The summed E-state index contributed by atoms with van der Waals surface area (Å²) in [7, 11) is 0. The molecule has 3 heteroatoms. The van der Waals surface area contributed by atoms with Gasteiger partial charge in [-0.3, -0.25) is 9.69 Å². The number of ether oxygens (including phenoxy) is 1. The lowest BCUT2D eigenvalue weighted by Gasteiger charge is -2.48.